The van der Waals surface area contributed by atoms with Gasteiger partial charge in [0.2, 0.25) is 0 Å². The third-order valence-electron chi connectivity index (χ3n) is 3.13. The Kier molecular flexibility index (Phi) is 4.42. The number of nitrogens with zero attached hydrogens (tertiary/aromatic N) is 1. The van der Waals surface area contributed by atoms with Gasteiger partial charge in [0.15, 0.2) is 0 Å². The summed E-state index contributed by atoms with van der Waals surface area (Å²) in [6, 6.07) is 0. The van der Waals surface area contributed by atoms with Crippen molar-refractivity contribution in [2.45, 2.75) is 31.7 Å². The molecule has 1 atom stereocenters. The Morgan fingerprint density at radius 2 is 2.33 bits per heavy atom. The van der Waals surface area contributed by atoms with Crippen molar-refractivity contribution in [2.75, 3.05) is 19.7 Å². The molecule has 2 rings (SSSR count). The second-order valence-corrected chi connectivity index (χ2v) is 4.04. The van der Waals surface area contributed by atoms with Crippen LogP contribution in [-0.4, -0.2) is 35.2 Å². The van der Waals surface area contributed by atoms with Crippen LogP contribution in [0.25, 0.3) is 0 Å². The minimum absolute atomic E-state index is 0. The molecule has 0 aliphatic carbocycles. The minimum atomic E-state index is 0. The number of hydrogen-bond acceptors (Lipinski definition) is 2. The van der Waals surface area contributed by atoms with Crippen LogP contribution in [0.1, 0.15) is 26.2 Å². The summed E-state index contributed by atoms with van der Waals surface area (Å²) in [5.41, 5.74) is 0.171. The average molecular weight is 240 g/mol. The Hall–Kier alpha value is 1.73. The molecule has 0 spiro atoms. The first kappa shape index (κ1) is 11.8. The maximum Gasteiger partial charge on any atom is 1.00 e. The topological polar surface area (TPSA) is 23.5 Å². The second-order valence-electron chi connectivity index (χ2n) is 4.04. The first-order valence-corrected chi connectivity index (χ1v) is 4.44. The van der Waals surface area contributed by atoms with Gasteiger partial charge in [-0.15, -0.1) is 6.54 Å². The summed E-state index contributed by atoms with van der Waals surface area (Å²) in [5.74, 6) is 1.54. The molecule has 12 heavy (non-hydrogen) atoms. The van der Waals surface area contributed by atoms with Crippen molar-refractivity contribution in [3.8, 4) is 0 Å². The fourth-order valence-electron chi connectivity index (χ4n) is 2.62. The Bertz CT molecular complexity index is 165. The van der Waals surface area contributed by atoms with Crippen molar-refractivity contribution >= 4 is 0 Å². The summed E-state index contributed by atoms with van der Waals surface area (Å²) in [4.78, 5) is 2.45. The molecule has 2 aliphatic heterocycles. The van der Waals surface area contributed by atoms with E-state index >= 15 is 0 Å². The predicted molar refractivity (Wildman–Crippen MR) is 44.2 cm³/mol. The fourth-order valence-corrected chi connectivity index (χ4v) is 2.62. The van der Waals surface area contributed by atoms with Gasteiger partial charge in [-0.1, -0.05) is 0 Å². The van der Waals surface area contributed by atoms with Crippen LogP contribution in [0, 0.1) is 5.92 Å². The summed E-state index contributed by atoms with van der Waals surface area (Å²) in [6.45, 7) is 4.87. The quantitative estimate of drug-likeness (QED) is 0.526. The third-order valence-corrected chi connectivity index (χ3v) is 3.13. The van der Waals surface area contributed by atoms with E-state index in [1.54, 1.807) is 5.92 Å². The molecule has 0 aromatic heterocycles. The zero-order chi connectivity index (χ0) is 7.90. The van der Waals surface area contributed by atoms with Gasteiger partial charge < -0.3 is 15.9 Å². The summed E-state index contributed by atoms with van der Waals surface area (Å²) < 4.78 is 0. The normalized spacial score (nSPS) is 36.5. The zero-order valence-corrected chi connectivity index (χ0v) is 13.1. The van der Waals surface area contributed by atoms with Crippen LogP contribution in [0.2, 0.25) is 0 Å². The molecular formula is C9H16NORb. The molecule has 1 N–H and O–H groups in total. The van der Waals surface area contributed by atoms with E-state index in [-0.39, 0.29) is 63.7 Å². The molecule has 2 aliphatic rings. The van der Waals surface area contributed by atoms with Crippen LogP contribution in [-0.2, 0) is 0 Å². The number of rotatable bonds is 1. The Morgan fingerprint density at radius 1 is 1.58 bits per heavy atom. The predicted octanol–water partition coefficient (Wildman–Crippen LogP) is -2.18. The molecule has 2 nitrogen and oxygen atoms in total. The van der Waals surface area contributed by atoms with Crippen LogP contribution in [0.4, 0.5) is 0 Å². The first-order valence-electron chi connectivity index (χ1n) is 4.44. The Morgan fingerprint density at radius 3 is 2.92 bits per heavy atom. The van der Waals surface area contributed by atoms with Crippen molar-refractivity contribution in [1.82, 2.24) is 4.90 Å². The largest absolute Gasteiger partial charge is 1.00 e. The summed E-state index contributed by atoms with van der Waals surface area (Å²) >= 11 is 0. The second kappa shape index (κ2) is 4.50. The molecule has 0 aromatic carbocycles. The van der Waals surface area contributed by atoms with Gasteiger partial charge in [0.25, 0.3) is 0 Å². The van der Waals surface area contributed by atoms with Crippen molar-refractivity contribution < 1.29 is 63.3 Å². The van der Waals surface area contributed by atoms with E-state index in [1.165, 1.54) is 19.4 Å². The van der Waals surface area contributed by atoms with Gasteiger partial charge in [-0.2, -0.15) is 13.3 Å². The van der Waals surface area contributed by atoms with Crippen LogP contribution in [0.3, 0.4) is 0 Å². The van der Waals surface area contributed by atoms with E-state index in [9.17, 15) is 5.11 Å². The van der Waals surface area contributed by atoms with Gasteiger partial charge in [-0.25, -0.2) is 0 Å². The SMILES string of the molecule is C[C-]1CN2CCCC2(CO)C1.[Rb+]. The van der Waals surface area contributed by atoms with Gasteiger partial charge in [-0.3, -0.25) is 0 Å². The molecular weight excluding hydrogens is 224 g/mol. The number of hydrogen-bond donors (Lipinski definition) is 1. The van der Waals surface area contributed by atoms with Gasteiger partial charge in [0, 0.05) is 5.54 Å². The molecule has 2 saturated heterocycles. The summed E-state index contributed by atoms with van der Waals surface area (Å²) in [5, 5.41) is 9.29. The Balaban J connectivity index is 0.000000720. The standard InChI is InChI=1S/C9H16NO.Rb/c1-8-5-9(7-11)3-2-4-10(9)6-8;/h11H,2-7H2,1H3;/q-1;+1. The van der Waals surface area contributed by atoms with Gasteiger partial charge in [0.1, 0.15) is 0 Å². The monoisotopic (exact) mass is 239 g/mol. The van der Waals surface area contributed by atoms with Crippen molar-refractivity contribution in [3.63, 3.8) is 0 Å². The van der Waals surface area contributed by atoms with Crippen LogP contribution in [0.5, 0.6) is 0 Å². The maximum atomic E-state index is 9.29. The van der Waals surface area contributed by atoms with E-state index < -0.39 is 0 Å². The fraction of sp³-hybridized carbons (Fsp3) is 0.889. The van der Waals surface area contributed by atoms with Crippen LogP contribution >= 0.6 is 0 Å². The van der Waals surface area contributed by atoms with Gasteiger partial charge >= 0.3 is 58.2 Å². The van der Waals surface area contributed by atoms with Crippen LogP contribution in [0.15, 0.2) is 0 Å². The van der Waals surface area contributed by atoms with E-state index in [0.717, 1.165) is 13.0 Å². The van der Waals surface area contributed by atoms with Crippen molar-refractivity contribution in [2.24, 2.45) is 0 Å². The third kappa shape index (κ3) is 1.89. The molecule has 64 valence electrons. The van der Waals surface area contributed by atoms with E-state index in [2.05, 4.69) is 11.8 Å². The van der Waals surface area contributed by atoms with Crippen LogP contribution < -0.4 is 58.2 Å². The first-order chi connectivity index (χ1) is 5.27. The van der Waals surface area contributed by atoms with Crippen molar-refractivity contribution in [1.29, 1.82) is 0 Å². The van der Waals surface area contributed by atoms with E-state index in [1.807, 2.05) is 0 Å². The molecule has 0 bridgehead atoms. The number of aliphatic hydroxyl groups excluding tert-OH is 1. The molecule has 3 heteroatoms. The molecule has 2 heterocycles. The molecule has 0 aromatic rings. The number of aliphatic hydroxyl groups is 1. The van der Waals surface area contributed by atoms with Gasteiger partial charge in [-0.05, 0) is 19.4 Å². The minimum Gasteiger partial charge on any atom is -0.395 e. The zero-order valence-electron chi connectivity index (χ0n) is 8.14. The number of fused-ring (bicyclic) bond motifs is 1. The molecule has 0 amide bonds. The summed E-state index contributed by atoms with van der Waals surface area (Å²) in [7, 11) is 0. The van der Waals surface area contributed by atoms with E-state index in [4.69, 9.17) is 0 Å². The van der Waals surface area contributed by atoms with E-state index in [0.29, 0.717) is 6.61 Å². The van der Waals surface area contributed by atoms with Crippen molar-refractivity contribution in [3.05, 3.63) is 5.92 Å². The Labute approximate surface area is 123 Å². The smallest absolute Gasteiger partial charge is 0.395 e. The molecule has 1 unspecified atom stereocenters. The summed E-state index contributed by atoms with van der Waals surface area (Å²) in [6.07, 6.45) is 3.60. The van der Waals surface area contributed by atoms with Gasteiger partial charge in [0.05, 0.1) is 6.61 Å². The average Bonchev–Trinajstić information content (AvgIpc) is 2.43. The molecule has 2 fully saturated rings. The molecule has 0 radical (unpaired) electrons. The molecule has 0 saturated carbocycles. The maximum absolute atomic E-state index is 9.29.